The minimum Gasteiger partial charge on any atom is -0.507 e. The molecule has 40 heavy (non-hydrogen) atoms. The highest BCUT2D eigenvalue weighted by Crippen LogP contribution is 2.50. The number of ketones is 4. The maximum atomic E-state index is 13.8. The molecule has 0 radical (unpaired) electrons. The first-order valence-corrected chi connectivity index (χ1v) is 14.4. The Balaban J connectivity index is 1.42. The van der Waals surface area contributed by atoms with Gasteiger partial charge >= 0.3 is 0 Å². The van der Waals surface area contributed by atoms with Crippen LogP contribution in [0.1, 0.15) is 66.4 Å². The first kappa shape index (κ1) is 28.6. The monoisotopic (exact) mass is 553 g/mol. The summed E-state index contributed by atoms with van der Waals surface area (Å²) in [5, 5.41) is 26.0. The molecule has 1 amide bonds. The number of hydrogen-bond donors (Lipinski definition) is 4. The van der Waals surface area contributed by atoms with Gasteiger partial charge in [-0.15, -0.1) is 0 Å². The minimum atomic E-state index is -2.70. The summed E-state index contributed by atoms with van der Waals surface area (Å²) in [6.07, 6.45) is 7.82. The molecular formula is C30H39N3O7. The molecule has 3 fully saturated rings. The maximum Gasteiger partial charge on any atom is 0.235 e. The summed E-state index contributed by atoms with van der Waals surface area (Å²) >= 11 is 0. The van der Waals surface area contributed by atoms with Crippen LogP contribution in [0.25, 0.3) is 0 Å². The van der Waals surface area contributed by atoms with Gasteiger partial charge in [-0.3, -0.25) is 28.9 Å². The molecule has 216 valence electrons. The van der Waals surface area contributed by atoms with Crippen molar-refractivity contribution in [2.45, 2.75) is 69.6 Å². The van der Waals surface area contributed by atoms with Gasteiger partial charge in [0.2, 0.25) is 5.91 Å². The summed E-state index contributed by atoms with van der Waals surface area (Å²) in [5.74, 6) is -9.55. The molecule has 0 saturated heterocycles. The molecule has 0 bridgehead atoms. The van der Waals surface area contributed by atoms with E-state index in [4.69, 9.17) is 5.73 Å². The normalized spacial score (nSPS) is 32.9. The lowest BCUT2D eigenvalue weighted by Gasteiger charge is -2.52. The summed E-state index contributed by atoms with van der Waals surface area (Å²) in [6, 6.07) is 2.30. The lowest BCUT2D eigenvalue weighted by Crippen LogP contribution is -2.74. The minimum absolute atomic E-state index is 0.0270. The van der Waals surface area contributed by atoms with E-state index in [-0.39, 0.29) is 24.2 Å². The fourth-order valence-electron chi connectivity index (χ4n) is 7.79. The number of likely N-dealkylation sites (N-methyl/N-ethyl adjacent to an activating group) is 1. The van der Waals surface area contributed by atoms with E-state index >= 15 is 0 Å². The molecule has 0 aliphatic heterocycles. The summed E-state index contributed by atoms with van der Waals surface area (Å²) in [5.41, 5.74) is 4.12. The van der Waals surface area contributed by atoms with Crippen molar-refractivity contribution in [2.75, 3.05) is 20.6 Å². The predicted octanol–water partition coefficient (Wildman–Crippen LogP) is 0.927. The molecule has 6 atom stereocenters. The molecule has 10 nitrogen and oxygen atoms in total. The molecule has 5 rings (SSSR count). The number of primary amides is 1. The van der Waals surface area contributed by atoms with Crippen LogP contribution >= 0.6 is 0 Å². The Hall–Kier alpha value is -2.95. The van der Waals surface area contributed by atoms with Gasteiger partial charge in [-0.2, -0.15) is 0 Å². The fourth-order valence-corrected chi connectivity index (χ4v) is 7.79. The smallest absolute Gasteiger partial charge is 0.235 e. The third-order valence-electron chi connectivity index (χ3n) is 9.67. The van der Waals surface area contributed by atoms with E-state index in [0.717, 1.165) is 12.1 Å². The zero-order valence-electron chi connectivity index (χ0n) is 23.2. The Morgan fingerprint density at radius 1 is 1.07 bits per heavy atom. The highest BCUT2D eigenvalue weighted by Gasteiger charge is 2.69. The van der Waals surface area contributed by atoms with Gasteiger partial charge in [-0.05, 0) is 75.4 Å². The van der Waals surface area contributed by atoms with E-state index in [1.165, 1.54) is 49.5 Å². The van der Waals surface area contributed by atoms with Gasteiger partial charge < -0.3 is 21.3 Å². The van der Waals surface area contributed by atoms with Crippen LogP contribution in [0.5, 0.6) is 5.75 Å². The van der Waals surface area contributed by atoms with E-state index < -0.39 is 64.4 Å². The van der Waals surface area contributed by atoms with Gasteiger partial charge in [0.25, 0.3) is 0 Å². The van der Waals surface area contributed by atoms with Crippen LogP contribution in [0.15, 0.2) is 12.1 Å². The van der Waals surface area contributed by atoms with Crippen molar-refractivity contribution >= 4 is 29.0 Å². The van der Waals surface area contributed by atoms with Crippen LogP contribution in [0.4, 0.5) is 0 Å². The number of carbonyl (C=O) groups is 5. The Bertz CT molecular complexity index is 1250. The van der Waals surface area contributed by atoms with Crippen molar-refractivity contribution in [3.63, 3.8) is 0 Å². The third kappa shape index (κ3) is 4.59. The number of hydrogen-bond acceptors (Lipinski definition) is 9. The summed E-state index contributed by atoms with van der Waals surface area (Å²) in [6.45, 7) is 1.41. The summed E-state index contributed by atoms with van der Waals surface area (Å²) < 4.78 is 0. The molecule has 4 aliphatic rings. The number of carbonyl (C=O) groups excluding carboxylic acids is 5. The number of nitrogens with zero attached hydrogens (tertiary/aromatic N) is 1. The fraction of sp³-hybridized carbons (Fsp3) is 0.633. The number of rotatable bonds is 6. The average molecular weight is 554 g/mol. The number of Topliss-reactive ketones (excluding diaryl/α,β-unsaturated/α-hetero) is 4. The van der Waals surface area contributed by atoms with Gasteiger partial charge in [-0.25, -0.2) is 0 Å². The number of benzene rings is 1. The van der Waals surface area contributed by atoms with Gasteiger partial charge in [-0.1, -0.05) is 31.7 Å². The molecular weight excluding hydrogens is 514 g/mol. The highest BCUT2D eigenvalue weighted by atomic mass is 16.3. The molecule has 1 aromatic carbocycles. The number of nitrogens with one attached hydrogen (secondary N) is 1. The molecule has 4 aliphatic carbocycles. The van der Waals surface area contributed by atoms with E-state index in [0.29, 0.717) is 18.0 Å². The Morgan fingerprint density at radius 3 is 2.38 bits per heavy atom. The van der Waals surface area contributed by atoms with Crippen molar-refractivity contribution < 1.29 is 34.2 Å². The van der Waals surface area contributed by atoms with E-state index in [9.17, 15) is 34.2 Å². The maximum absolute atomic E-state index is 13.8. The molecule has 1 aromatic rings. The summed E-state index contributed by atoms with van der Waals surface area (Å²) in [4.78, 5) is 67.5. The second-order valence-electron chi connectivity index (χ2n) is 12.4. The summed E-state index contributed by atoms with van der Waals surface area (Å²) in [7, 11) is 3.14. The number of amides is 1. The van der Waals surface area contributed by atoms with E-state index in [2.05, 4.69) is 5.32 Å². The molecule has 5 N–H and O–H groups in total. The second-order valence-corrected chi connectivity index (χ2v) is 12.4. The van der Waals surface area contributed by atoms with Crippen molar-refractivity contribution in [2.24, 2.45) is 35.3 Å². The topological polar surface area (TPSA) is 167 Å². The first-order chi connectivity index (χ1) is 19.0. The zero-order chi connectivity index (χ0) is 28.9. The van der Waals surface area contributed by atoms with Crippen LogP contribution in [0, 0.1) is 29.6 Å². The number of aromatic hydroxyl groups is 1. The van der Waals surface area contributed by atoms with Crippen LogP contribution in [-0.2, 0) is 32.1 Å². The molecule has 3 saturated carbocycles. The van der Waals surface area contributed by atoms with Crippen molar-refractivity contribution in [3.05, 3.63) is 28.8 Å². The predicted molar refractivity (Wildman–Crippen MR) is 144 cm³/mol. The Labute approximate surface area is 233 Å². The van der Waals surface area contributed by atoms with Crippen LogP contribution in [0.3, 0.4) is 0 Å². The lowest BCUT2D eigenvalue weighted by atomic mass is 9.52. The van der Waals surface area contributed by atoms with Crippen molar-refractivity contribution in [1.82, 2.24) is 10.2 Å². The number of aliphatic hydroxyl groups is 1. The van der Waals surface area contributed by atoms with Gasteiger partial charge in [0, 0.05) is 12.5 Å². The largest absolute Gasteiger partial charge is 0.507 e. The first-order valence-electron chi connectivity index (χ1n) is 14.4. The molecule has 0 spiro atoms. The van der Waals surface area contributed by atoms with Crippen LogP contribution < -0.4 is 11.1 Å². The van der Waals surface area contributed by atoms with Crippen molar-refractivity contribution in [1.29, 1.82) is 0 Å². The van der Waals surface area contributed by atoms with Gasteiger partial charge in [0.05, 0.1) is 17.5 Å². The van der Waals surface area contributed by atoms with E-state index in [1.807, 2.05) is 6.07 Å². The number of nitrogens with two attached hydrogens (primary N) is 1. The number of fused-ring (bicyclic) bond motifs is 3. The SMILES string of the molecule is CN(C)[C@@H]1C(=O)C(C(N)=O)C(=O)[C@@]2(O)C(=O)C3C(=O)c4c(O)cc(CNCC5CCCCCC5)cc4C[C@H]3C[C@@H]12. The molecule has 0 heterocycles. The van der Waals surface area contributed by atoms with Gasteiger partial charge in [0.15, 0.2) is 34.7 Å². The van der Waals surface area contributed by atoms with E-state index in [1.54, 1.807) is 14.1 Å². The Morgan fingerprint density at radius 2 is 1.75 bits per heavy atom. The average Bonchev–Trinajstić information content (AvgIpc) is 3.14. The quantitative estimate of drug-likeness (QED) is 0.296. The van der Waals surface area contributed by atoms with Crippen LogP contribution in [-0.4, -0.2) is 76.4 Å². The third-order valence-corrected chi connectivity index (χ3v) is 9.67. The number of phenols is 1. The van der Waals surface area contributed by atoms with Gasteiger partial charge in [0.1, 0.15) is 5.75 Å². The second kappa shape index (κ2) is 10.8. The number of phenolic OH excluding ortho intramolecular Hbond substituents is 1. The van der Waals surface area contributed by atoms with Crippen molar-refractivity contribution in [3.8, 4) is 5.75 Å². The standard InChI is InChI=1S/C30H39N3O7/c1-33(2)24-19-12-18-11-17-9-16(14-32-13-15-7-5-3-4-6-8-15)10-20(34)21(17)25(35)22(18)27(37)30(19,40)28(38)23(26(24)36)29(31)39/h9-10,15,18-19,22-24,32,34,40H,3-8,11-14H2,1-2H3,(H2,31,39)/t18-,19-,22?,23?,24-,30-/m0/s1. The highest BCUT2D eigenvalue weighted by molar-refractivity contribution is 6.32. The molecule has 0 aromatic heterocycles. The molecule has 2 unspecified atom stereocenters. The lowest BCUT2D eigenvalue weighted by molar-refractivity contribution is -0.181. The molecule has 10 heteroatoms. The van der Waals surface area contributed by atoms with Crippen LogP contribution in [0.2, 0.25) is 0 Å². The zero-order valence-corrected chi connectivity index (χ0v) is 23.2. The Kier molecular flexibility index (Phi) is 7.71.